The molecule has 1 unspecified atom stereocenters. The van der Waals surface area contributed by atoms with Gasteiger partial charge in [0.25, 0.3) is 0 Å². The zero-order valence-corrected chi connectivity index (χ0v) is 17.1. The number of halogens is 1. The second-order valence-corrected chi connectivity index (χ2v) is 8.94. The van der Waals surface area contributed by atoms with Gasteiger partial charge in [-0.2, -0.15) is 0 Å². The van der Waals surface area contributed by atoms with Crippen LogP contribution in [-0.4, -0.2) is 64.6 Å². The van der Waals surface area contributed by atoms with Gasteiger partial charge < -0.3 is 24.2 Å². The van der Waals surface area contributed by atoms with Crippen LogP contribution in [0.25, 0.3) is 0 Å². The maximum atomic E-state index is 12.2. The number of hydrogen-bond acceptors (Lipinski definition) is 6. The van der Waals surface area contributed by atoms with Gasteiger partial charge in [0.05, 0.1) is 25.4 Å². The first-order valence-corrected chi connectivity index (χ1v) is 9.42. The van der Waals surface area contributed by atoms with Crippen LogP contribution in [0.15, 0.2) is 22.8 Å². The van der Waals surface area contributed by atoms with Gasteiger partial charge >= 0.3 is 12.1 Å². The average molecular weight is 443 g/mol. The monoisotopic (exact) mass is 442 g/mol. The fraction of sp³-hybridized carbons (Fsp3) is 0.611. The molecule has 3 heterocycles. The van der Waals surface area contributed by atoms with Gasteiger partial charge in [0.2, 0.25) is 0 Å². The molecule has 1 spiro atoms. The van der Waals surface area contributed by atoms with E-state index in [1.54, 1.807) is 17.2 Å². The highest BCUT2D eigenvalue weighted by Crippen LogP contribution is 2.46. The fourth-order valence-electron chi connectivity index (χ4n) is 3.38. The van der Waals surface area contributed by atoms with Gasteiger partial charge in [-0.25, -0.2) is 9.59 Å². The van der Waals surface area contributed by atoms with Crippen LogP contribution >= 0.6 is 15.9 Å². The summed E-state index contributed by atoms with van der Waals surface area (Å²) in [5.74, 6) is -1.06. The van der Waals surface area contributed by atoms with Gasteiger partial charge in [-0.15, -0.1) is 0 Å². The van der Waals surface area contributed by atoms with Crippen molar-refractivity contribution in [1.82, 2.24) is 9.88 Å². The van der Waals surface area contributed by atoms with Crippen molar-refractivity contribution in [2.24, 2.45) is 0 Å². The molecule has 2 aliphatic rings. The third kappa shape index (κ3) is 4.41. The number of nitrogens with zero attached hydrogens (tertiary/aromatic N) is 2. The predicted octanol–water partition coefficient (Wildman–Crippen LogP) is 2.55. The van der Waals surface area contributed by atoms with Crippen LogP contribution in [0.1, 0.15) is 32.9 Å². The highest BCUT2D eigenvalue weighted by Gasteiger charge is 2.59. The average Bonchev–Trinajstić information content (AvgIpc) is 2.92. The molecule has 1 atom stereocenters. The molecule has 27 heavy (non-hydrogen) atoms. The summed E-state index contributed by atoms with van der Waals surface area (Å²) in [6.45, 7) is 5.92. The van der Waals surface area contributed by atoms with Gasteiger partial charge in [0, 0.05) is 17.1 Å². The second kappa shape index (κ2) is 7.03. The summed E-state index contributed by atoms with van der Waals surface area (Å²) in [4.78, 5) is 29.2. The maximum Gasteiger partial charge on any atom is 0.410 e. The lowest BCUT2D eigenvalue weighted by Gasteiger charge is -2.47. The number of carbonyl (C=O) groups excluding carboxylic acids is 1. The molecule has 1 amide bonds. The van der Waals surface area contributed by atoms with Gasteiger partial charge in [0.15, 0.2) is 0 Å². The molecule has 2 aliphatic heterocycles. The Bertz CT molecular complexity index is 726. The third-order valence-corrected chi connectivity index (χ3v) is 4.96. The van der Waals surface area contributed by atoms with Crippen molar-refractivity contribution in [2.45, 2.75) is 44.0 Å². The topological polar surface area (TPSA) is 98.2 Å². The molecule has 0 radical (unpaired) electrons. The number of amides is 1. The van der Waals surface area contributed by atoms with Crippen LogP contribution in [0.3, 0.4) is 0 Å². The van der Waals surface area contributed by atoms with Crippen LogP contribution in [0, 0.1) is 0 Å². The summed E-state index contributed by atoms with van der Waals surface area (Å²) in [6, 6.07) is 3.62. The van der Waals surface area contributed by atoms with Crippen LogP contribution in [-0.2, 0) is 24.6 Å². The van der Waals surface area contributed by atoms with Gasteiger partial charge in [-0.3, -0.25) is 4.98 Å². The molecule has 1 aromatic heterocycles. The number of hydrogen-bond donors (Lipinski definition) is 1. The molecule has 0 bridgehead atoms. The molecule has 0 aromatic carbocycles. The first-order chi connectivity index (χ1) is 12.5. The van der Waals surface area contributed by atoms with Crippen LogP contribution in [0.2, 0.25) is 0 Å². The third-order valence-electron chi connectivity index (χ3n) is 4.50. The number of carboxylic acid groups (broad SMARTS) is 1. The van der Waals surface area contributed by atoms with Gasteiger partial charge in [-0.05, 0) is 48.8 Å². The van der Waals surface area contributed by atoms with E-state index in [0.29, 0.717) is 25.2 Å². The molecule has 2 fully saturated rings. The predicted molar refractivity (Wildman–Crippen MR) is 98.3 cm³/mol. The number of aromatic nitrogens is 1. The zero-order valence-electron chi connectivity index (χ0n) is 15.5. The Morgan fingerprint density at radius 3 is 2.63 bits per heavy atom. The van der Waals surface area contributed by atoms with E-state index in [-0.39, 0.29) is 12.7 Å². The summed E-state index contributed by atoms with van der Waals surface area (Å²) in [7, 11) is 0. The molecular weight excluding hydrogens is 420 g/mol. The van der Waals surface area contributed by atoms with Crippen LogP contribution in [0.5, 0.6) is 0 Å². The number of aliphatic carboxylic acids is 1. The number of carbonyl (C=O) groups is 2. The molecular formula is C18H23BrN2O6. The largest absolute Gasteiger partial charge is 0.480 e. The number of carboxylic acids is 1. The number of likely N-dealkylation sites (tertiary alicyclic amines) is 1. The van der Waals surface area contributed by atoms with E-state index in [0.717, 1.165) is 4.47 Å². The van der Waals surface area contributed by atoms with E-state index in [1.165, 1.54) is 0 Å². The lowest BCUT2D eigenvalue weighted by Crippen LogP contribution is -2.64. The van der Waals surface area contributed by atoms with E-state index in [1.807, 2.05) is 26.8 Å². The Hall–Kier alpha value is -1.71. The quantitative estimate of drug-likeness (QED) is 0.764. The van der Waals surface area contributed by atoms with Crippen molar-refractivity contribution >= 4 is 28.0 Å². The van der Waals surface area contributed by atoms with Crippen LogP contribution in [0.4, 0.5) is 4.79 Å². The molecule has 9 heteroatoms. The molecule has 0 aliphatic carbocycles. The Labute approximate surface area is 165 Å². The van der Waals surface area contributed by atoms with Crippen molar-refractivity contribution in [3.63, 3.8) is 0 Å². The van der Waals surface area contributed by atoms with Crippen molar-refractivity contribution in [2.75, 3.05) is 26.3 Å². The number of pyridine rings is 1. The molecule has 148 valence electrons. The smallest absolute Gasteiger partial charge is 0.410 e. The Kier molecular flexibility index (Phi) is 5.22. The normalized spacial score (nSPS) is 23.9. The lowest BCUT2D eigenvalue weighted by molar-refractivity contribution is -0.151. The van der Waals surface area contributed by atoms with Gasteiger partial charge in [-0.1, -0.05) is 0 Å². The Morgan fingerprint density at radius 1 is 1.37 bits per heavy atom. The van der Waals surface area contributed by atoms with Crippen LogP contribution < -0.4 is 0 Å². The number of ether oxygens (including phenoxy) is 3. The summed E-state index contributed by atoms with van der Waals surface area (Å²) < 4.78 is 17.9. The summed E-state index contributed by atoms with van der Waals surface area (Å²) in [5, 5.41) is 9.04. The Balaban J connectivity index is 1.72. The summed E-state index contributed by atoms with van der Waals surface area (Å²) in [6.07, 6.45) is 1.67. The summed E-state index contributed by atoms with van der Waals surface area (Å²) >= 11 is 3.34. The van der Waals surface area contributed by atoms with E-state index in [4.69, 9.17) is 19.3 Å². The van der Waals surface area contributed by atoms with E-state index in [9.17, 15) is 9.59 Å². The Morgan fingerprint density at radius 2 is 2.07 bits per heavy atom. The molecule has 3 rings (SSSR count). The summed E-state index contributed by atoms with van der Waals surface area (Å²) in [5.41, 5.74) is -1.49. The number of rotatable bonds is 4. The fourth-order valence-corrected chi connectivity index (χ4v) is 3.61. The van der Waals surface area contributed by atoms with Gasteiger partial charge in [0.1, 0.15) is 23.4 Å². The molecule has 1 N–H and O–H groups in total. The minimum Gasteiger partial charge on any atom is -0.480 e. The highest BCUT2D eigenvalue weighted by atomic mass is 79.9. The first-order valence-electron chi connectivity index (χ1n) is 8.62. The van der Waals surface area contributed by atoms with E-state index >= 15 is 0 Å². The maximum absolute atomic E-state index is 12.2. The molecule has 1 aromatic rings. The molecule has 0 saturated carbocycles. The first kappa shape index (κ1) is 20.0. The highest BCUT2D eigenvalue weighted by molar-refractivity contribution is 9.10. The minimum atomic E-state index is -1.06. The molecule has 8 nitrogen and oxygen atoms in total. The lowest BCUT2D eigenvalue weighted by atomic mass is 9.83. The van der Waals surface area contributed by atoms with Crippen molar-refractivity contribution in [1.29, 1.82) is 0 Å². The van der Waals surface area contributed by atoms with Crippen molar-refractivity contribution in [3.8, 4) is 0 Å². The zero-order chi connectivity index (χ0) is 19.9. The SMILES string of the molecule is CC(C)(C)OC(=O)N1CC2(C1)CC(OCC(=O)O)(c1ccc(Br)cn1)CO2. The second-order valence-electron chi connectivity index (χ2n) is 8.02. The van der Waals surface area contributed by atoms with E-state index in [2.05, 4.69) is 20.9 Å². The van der Waals surface area contributed by atoms with Crippen molar-refractivity contribution in [3.05, 3.63) is 28.5 Å². The van der Waals surface area contributed by atoms with Crippen molar-refractivity contribution < 1.29 is 28.9 Å². The minimum absolute atomic E-state index is 0.178. The standard InChI is InChI=1S/C18H23BrN2O6/c1-16(2,3)27-15(24)21-9-17(10-21)8-18(11-26-17,25-7-14(22)23)13-5-4-12(19)6-20-13/h4-6H,7-11H2,1-3H3,(H,22,23). The molecule has 2 saturated heterocycles. The van der Waals surface area contributed by atoms with E-state index < -0.39 is 29.4 Å².